The maximum atomic E-state index is 8.82. The smallest absolute Gasteiger partial charge is 0.132 e. The first-order chi connectivity index (χ1) is 6.22. The van der Waals surface area contributed by atoms with Crippen molar-refractivity contribution < 1.29 is 0 Å². The Morgan fingerprint density at radius 3 is 3.00 bits per heavy atom. The third-order valence-electron chi connectivity index (χ3n) is 2.91. The highest BCUT2D eigenvalue weighted by Crippen LogP contribution is 2.44. The second kappa shape index (κ2) is 2.88. The van der Waals surface area contributed by atoms with E-state index in [9.17, 15) is 0 Å². The summed E-state index contributed by atoms with van der Waals surface area (Å²) in [7, 11) is 0. The van der Waals surface area contributed by atoms with Crippen molar-refractivity contribution in [3.05, 3.63) is 11.3 Å². The summed E-state index contributed by atoms with van der Waals surface area (Å²) >= 11 is 0. The van der Waals surface area contributed by atoms with E-state index in [0.29, 0.717) is 11.6 Å². The molecule has 0 spiro atoms. The van der Waals surface area contributed by atoms with Crippen molar-refractivity contribution in [1.82, 2.24) is 5.43 Å². The van der Waals surface area contributed by atoms with Gasteiger partial charge in [0, 0.05) is 11.6 Å². The fourth-order valence-corrected chi connectivity index (χ4v) is 1.92. The minimum Gasteiger partial charge on any atom is -0.268 e. The topological polar surface area (TPSA) is 48.2 Å². The van der Waals surface area contributed by atoms with Gasteiger partial charge in [-0.3, -0.25) is 5.43 Å². The van der Waals surface area contributed by atoms with Gasteiger partial charge in [0.2, 0.25) is 0 Å². The second-order valence-corrected chi connectivity index (χ2v) is 3.94. The molecule has 1 heterocycles. The summed E-state index contributed by atoms with van der Waals surface area (Å²) in [6.07, 6.45) is 2.29. The first-order valence-corrected chi connectivity index (χ1v) is 4.62. The average Bonchev–Trinajstić information content (AvgIpc) is 2.82. The zero-order chi connectivity index (χ0) is 9.42. The molecule has 0 unspecified atom stereocenters. The molecular weight excluding hydrogens is 162 g/mol. The number of fused-ring (bicyclic) bond motifs is 1. The molecule has 13 heavy (non-hydrogen) atoms. The van der Waals surface area contributed by atoms with Crippen LogP contribution in [0.15, 0.2) is 16.4 Å². The summed E-state index contributed by atoms with van der Waals surface area (Å²) in [5, 5.41) is 13.0. The molecule has 3 nitrogen and oxygen atoms in total. The van der Waals surface area contributed by atoms with Gasteiger partial charge in [-0.05, 0) is 38.2 Å². The largest absolute Gasteiger partial charge is 0.268 e. The van der Waals surface area contributed by atoms with Gasteiger partial charge in [-0.2, -0.15) is 10.4 Å². The number of hydrazone groups is 1. The Balaban J connectivity index is 2.26. The Labute approximate surface area is 78.1 Å². The monoisotopic (exact) mass is 175 g/mol. The lowest BCUT2D eigenvalue weighted by Crippen LogP contribution is -2.13. The lowest BCUT2D eigenvalue weighted by molar-refractivity contribution is 0.741. The van der Waals surface area contributed by atoms with E-state index in [1.165, 1.54) is 6.42 Å². The van der Waals surface area contributed by atoms with Gasteiger partial charge in [-0.15, -0.1) is 0 Å². The van der Waals surface area contributed by atoms with Crippen LogP contribution in [-0.4, -0.2) is 5.71 Å². The lowest BCUT2D eigenvalue weighted by atomic mass is 10.1. The molecule has 0 aromatic heterocycles. The van der Waals surface area contributed by atoms with Crippen molar-refractivity contribution in [2.24, 2.45) is 16.9 Å². The van der Waals surface area contributed by atoms with Crippen molar-refractivity contribution in [3.8, 4) is 6.07 Å². The normalized spacial score (nSPS) is 41.5. The molecule has 2 rings (SSSR count). The van der Waals surface area contributed by atoms with Crippen LogP contribution in [0.4, 0.5) is 0 Å². The fraction of sp³-hybridized carbons (Fsp3) is 0.600. The quantitative estimate of drug-likeness (QED) is 0.610. The van der Waals surface area contributed by atoms with Crippen molar-refractivity contribution in [2.45, 2.75) is 26.7 Å². The number of nitrogens with zero attached hydrogens (tertiary/aromatic N) is 2. The van der Waals surface area contributed by atoms with Crippen molar-refractivity contribution >= 4 is 5.71 Å². The molecule has 0 radical (unpaired) electrons. The Bertz CT molecular complexity index is 333. The SMILES string of the molecule is C/C1=N\N/C(C#N)=C(\C)C[C@H]2C[C@@H]12. The van der Waals surface area contributed by atoms with Crippen LogP contribution >= 0.6 is 0 Å². The van der Waals surface area contributed by atoms with Crippen molar-refractivity contribution in [2.75, 3.05) is 0 Å². The lowest BCUT2D eigenvalue weighted by Gasteiger charge is -2.09. The molecule has 0 aromatic carbocycles. The van der Waals surface area contributed by atoms with Crippen molar-refractivity contribution in [1.29, 1.82) is 5.26 Å². The molecule has 2 aliphatic rings. The van der Waals surface area contributed by atoms with Gasteiger partial charge in [0.1, 0.15) is 11.8 Å². The van der Waals surface area contributed by atoms with Crippen LogP contribution in [0, 0.1) is 23.2 Å². The van der Waals surface area contributed by atoms with Crippen LogP contribution < -0.4 is 5.43 Å². The Morgan fingerprint density at radius 1 is 1.54 bits per heavy atom. The first-order valence-electron chi connectivity index (χ1n) is 4.62. The number of nitriles is 1. The van der Waals surface area contributed by atoms with Crippen LogP contribution in [0.5, 0.6) is 0 Å². The molecule has 1 aliphatic carbocycles. The van der Waals surface area contributed by atoms with Crippen LogP contribution in [0.3, 0.4) is 0 Å². The minimum atomic E-state index is 0.629. The molecule has 0 amide bonds. The Hall–Kier alpha value is -1.30. The van der Waals surface area contributed by atoms with Gasteiger partial charge in [0.15, 0.2) is 0 Å². The van der Waals surface area contributed by atoms with E-state index in [2.05, 4.69) is 16.6 Å². The number of hydrogen-bond acceptors (Lipinski definition) is 3. The molecule has 0 aromatic rings. The molecule has 1 N–H and O–H groups in total. The zero-order valence-corrected chi connectivity index (χ0v) is 7.96. The Kier molecular flexibility index (Phi) is 1.84. The second-order valence-electron chi connectivity index (χ2n) is 3.94. The summed E-state index contributed by atoms with van der Waals surface area (Å²) in [5.41, 5.74) is 5.75. The minimum absolute atomic E-state index is 0.629. The van der Waals surface area contributed by atoms with Gasteiger partial charge >= 0.3 is 0 Å². The predicted molar refractivity (Wildman–Crippen MR) is 50.8 cm³/mol. The average molecular weight is 175 g/mol. The fourth-order valence-electron chi connectivity index (χ4n) is 1.92. The molecule has 0 bridgehead atoms. The van der Waals surface area contributed by atoms with Gasteiger partial charge in [0.05, 0.1) is 0 Å². The van der Waals surface area contributed by atoms with Gasteiger partial charge in [-0.1, -0.05) is 0 Å². The maximum absolute atomic E-state index is 8.82. The highest BCUT2D eigenvalue weighted by molar-refractivity contribution is 5.87. The third kappa shape index (κ3) is 1.44. The van der Waals surface area contributed by atoms with Crippen LogP contribution in [0.25, 0.3) is 0 Å². The highest BCUT2D eigenvalue weighted by atomic mass is 15.3. The van der Waals surface area contributed by atoms with E-state index in [1.807, 2.05) is 13.8 Å². The molecule has 1 aliphatic heterocycles. The van der Waals surface area contributed by atoms with E-state index < -0.39 is 0 Å². The van der Waals surface area contributed by atoms with E-state index in [1.54, 1.807) is 0 Å². The predicted octanol–water partition coefficient (Wildman–Crippen LogP) is 1.79. The summed E-state index contributed by atoms with van der Waals surface area (Å²) in [4.78, 5) is 0. The highest BCUT2D eigenvalue weighted by Gasteiger charge is 2.40. The molecule has 2 atom stereocenters. The molecule has 1 fully saturated rings. The van der Waals surface area contributed by atoms with E-state index in [0.717, 1.165) is 23.6 Å². The van der Waals surface area contributed by atoms with Crippen LogP contribution in [-0.2, 0) is 0 Å². The molecule has 3 heteroatoms. The van der Waals surface area contributed by atoms with E-state index in [4.69, 9.17) is 5.26 Å². The van der Waals surface area contributed by atoms with Crippen LogP contribution in [0.1, 0.15) is 26.7 Å². The van der Waals surface area contributed by atoms with Gasteiger partial charge < -0.3 is 0 Å². The standard InChI is InChI=1S/C10H13N3/c1-6-3-8-4-9(8)7(2)12-13-10(6)5-11/h8-9,13H,3-4H2,1-2H3/b10-6+,12-7+/t8-,9-/m0/s1. The molecule has 1 saturated carbocycles. The zero-order valence-electron chi connectivity index (χ0n) is 7.96. The number of nitrogens with one attached hydrogen (secondary N) is 1. The number of rotatable bonds is 0. The molecule has 68 valence electrons. The molecular formula is C10H13N3. The molecule has 0 saturated heterocycles. The maximum Gasteiger partial charge on any atom is 0.132 e. The Morgan fingerprint density at radius 2 is 2.31 bits per heavy atom. The van der Waals surface area contributed by atoms with E-state index in [-0.39, 0.29) is 0 Å². The van der Waals surface area contributed by atoms with Crippen molar-refractivity contribution in [3.63, 3.8) is 0 Å². The summed E-state index contributed by atoms with van der Waals surface area (Å²) < 4.78 is 0. The van der Waals surface area contributed by atoms with Gasteiger partial charge in [0.25, 0.3) is 0 Å². The summed E-state index contributed by atoms with van der Waals surface area (Å²) in [6.45, 7) is 4.05. The summed E-state index contributed by atoms with van der Waals surface area (Å²) in [5.74, 6) is 1.41. The van der Waals surface area contributed by atoms with Gasteiger partial charge in [-0.25, -0.2) is 0 Å². The third-order valence-corrected chi connectivity index (χ3v) is 2.91. The first kappa shape index (κ1) is 8.31. The number of hydrogen-bond donors (Lipinski definition) is 1. The van der Waals surface area contributed by atoms with Crippen LogP contribution in [0.2, 0.25) is 0 Å². The number of allylic oxidation sites excluding steroid dienone is 2. The summed E-state index contributed by atoms with van der Waals surface area (Å²) in [6, 6.07) is 2.14. The van der Waals surface area contributed by atoms with E-state index >= 15 is 0 Å².